The second-order valence-electron chi connectivity index (χ2n) is 12.7. The van der Waals surface area contributed by atoms with Gasteiger partial charge in [0.25, 0.3) is 0 Å². The summed E-state index contributed by atoms with van der Waals surface area (Å²) in [7, 11) is 0. The molecule has 0 spiro atoms. The van der Waals surface area contributed by atoms with Crippen LogP contribution in [0.15, 0.2) is 140 Å². The molecule has 0 saturated carbocycles. The van der Waals surface area contributed by atoms with E-state index < -0.39 is 0 Å². The van der Waals surface area contributed by atoms with E-state index in [0.29, 0.717) is 5.75 Å². The lowest BCUT2D eigenvalue weighted by Crippen LogP contribution is -2.00. The first kappa shape index (κ1) is 25.3. The first-order valence-corrected chi connectivity index (χ1v) is 15.7. The van der Waals surface area contributed by atoms with Gasteiger partial charge >= 0.3 is 5.97 Å². The molecule has 0 heterocycles. The normalized spacial score (nSPS) is 12.1. The monoisotopic (exact) mass is 586 g/mol. The van der Waals surface area contributed by atoms with Crippen LogP contribution < -0.4 is 4.74 Å². The molecule has 10 aromatic carbocycles. The number of hydrogen-bond acceptors (Lipinski definition) is 2. The Morgan fingerprint density at radius 3 is 0.848 bits per heavy atom. The number of carbonyl (C=O) groups is 1. The zero-order valence-corrected chi connectivity index (χ0v) is 25.1. The summed E-state index contributed by atoms with van der Waals surface area (Å²) in [4.78, 5) is 11.5. The smallest absolute Gasteiger partial charge is 0.308 e. The number of esters is 1. The lowest BCUT2D eigenvalue weighted by molar-refractivity contribution is -0.131. The van der Waals surface area contributed by atoms with E-state index in [-0.39, 0.29) is 5.97 Å². The lowest BCUT2D eigenvalue weighted by Gasteiger charge is -2.10. The number of rotatable bonds is 1. The van der Waals surface area contributed by atoms with Crippen molar-refractivity contribution < 1.29 is 9.53 Å². The van der Waals surface area contributed by atoms with Crippen molar-refractivity contribution in [1.29, 1.82) is 0 Å². The summed E-state index contributed by atoms with van der Waals surface area (Å²) in [6, 6.07) is 51.3. The second kappa shape index (κ2) is 9.26. The van der Waals surface area contributed by atoms with Crippen LogP contribution in [-0.4, -0.2) is 5.97 Å². The molecule has 0 amide bonds. The fourth-order valence-electron chi connectivity index (χ4n) is 7.41. The Kier molecular flexibility index (Phi) is 5.10. The molecule has 0 aliphatic carbocycles. The molecular formula is C44H26O2. The molecule has 0 bridgehead atoms. The number of hydrogen-bond donors (Lipinski definition) is 0. The lowest BCUT2D eigenvalue weighted by atomic mass is 9.94. The molecule has 0 N–H and O–H groups in total. The van der Waals surface area contributed by atoms with Crippen LogP contribution in [0, 0.1) is 0 Å². The quantitative estimate of drug-likeness (QED) is 0.109. The predicted molar refractivity (Wildman–Crippen MR) is 195 cm³/mol. The van der Waals surface area contributed by atoms with Gasteiger partial charge in [-0.25, -0.2) is 0 Å². The number of fused-ring (bicyclic) bond motifs is 9. The summed E-state index contributed by atoms with van der Waals surface area (Å²) < 4.78 is 5.33. The molecule has 0 aromatic heterocycles. The van der Waals surface area contributed by atoms with Gasteiger partial charge in [0.15, 0.2) is 0 Å². The molecule has 0 fully saturated rings. The van der Waals surface area contributed by atoms with Crippen LogP contribution in [0.1, 0.15) is 6.92 Å². The number of benzene rings is 10. The topological polar surface area (TPSA) is 26.3 Å². The average Bonchev–Trinajstić information content (AvgIpc) is 3.04. The Morgan fingerprint density at radius 1 is 0.326 bits per heavy atom. The van der Waals surface area contributed by atoms with Crippen LogP contribution in [0.2, 0.25) is 0 Å². The summed E-state index contributed by atoms with van der Waals surface area (Å²) in [5, 5.41) is 22.1. The van der Waals surface area contributed by atoms with Crippen molar-refractivity contribution in [3.63, 3.8) is 0 Å². The van der Waals surface area contributed by atoms with E-state index in [2.05, 4.69) is 121 Å². The zero-order valence-electron chi connectivity index (χ0n) is 25.1. The molecule has 0 saturated heterocycles. The molecule has 0 atom stereocenters. The van der Waals surface area contributed by atoms with Crippen molar-refractivity contribution in [1.82, 2.24) is 0 Å². The van der Waals surface area contributed by atoms with Crippen molar-refractivity contribution >= 4 is 103 Å². The first-order chi connectivity index (χ1) is 22.5. The maximum atomic E-state index is 11.5. The zero-order chi connectivity index (χ0) is 30.5. The van der Waals surface area contributed by atoms with Gasteiger partial charge in [0.05, 0.1) is 0 Å². The Bertz CT molecular complexity index is 2970. The molecule has 10 rings (SSSR count). The van der Waals surface area contributed by atoms with Crippen molar-refractivity contribution in [2.45, 2.75) is 6.92 Å². The molecule has 214 valence electrons. The molecule has 2 nitrogen and oxygen atoms in total. The van der Waals surface area contributed by atoms with E-state index in [4.69, 9.17) is 4.74 Å². The van der Waals surface area contributed by atoms with Crippen LogP contribution in [0.5, 0.6) is 5.75 Å². The molecule has 2 heteroatoms. The van der Waals surface area contributed by atoms with Gasteiger partial charge in [-0.05, 0) is 206 Å². The van der Waals surface area contributed by atoms with Gasteiger partial charge in [-0.2, -0.15) is 0 Å². The summed E-state index contributed by atoms with van der Waals surface area (Å²) in [6.07, 6.45) is 0. The van der Waals surface area contributed by atoms with E-state index in [9.17, 15) is 4.79 Å². The van der Waals surface area contributed by atoms with Crippen LogP contribution in [0.3, 0.4) is 0 Å². The molecule has 0 aliphatic rings. The van der Waals surface area contributed by atoms with E-state index in [1.54, 1.807) is 0 Å². The highest BCUT2D eigenvalue weighted by Gasteiger charge is 2.09. The summed E-state index contributed by atoms with van der Waals surface area (Å²) in [5.41, 5.74) is 0. The third-order valence-corrected chi connectivity index (χ3v) is 9.63. The fraction of sp³-hybridized carbons (Fsp3) is 0.0227. The molecule has 46 heavy (non-hydrogen) atoms. The van der Waals surface area contributed by atoms with Crippen LogP contribution >= 0.6 is 0 Å². The van der Waals surface area contributed by atoms with Crippen molar-refractivity contribution in [3.05, 3.63) is 140 Å². The maximum absolute atomic E-state index is 11.5. The number of ether oxygens (including phenoxy) is 1. The third-order valence-electron chi connectivity index (χ3n) is 9.63. The summed E-state index contributed by atoms with van der Waals surface area (Å²) in [5.74, 6) is 0.259. The fourth-order valence-corrected chi connectivity index (χ4v) is 7.41. The largest absolute Gasteiger partial charge is 0.427 e. The SMILES string of the molecule is CC(=O)Oc1ccc2cc3cc4cc5cc6cc7cc8cc9cc%10ccccc%10cc9cc8cc7cc6cc5cc4cc3cc2c1. The Hall–Kier alpha value is -5.99. The van der Waals surface area contributed by atoms with Gasteiger partial charge in [-0.3, -0.25) is 4.79 Å². The summed E-state index contributed by atoms with van der Waals surface area (Å²) >= 11 is 0. The highest BCUT2D eigenvalue weighted by Crippen LogP contribution is 2.36. The van der Waals surface area contributed by atoms with Gasteiger partial charge in [-0.1, -0.05) is 30.3 Å². The van der Waals surface area contributed by atoms with Gasteiger partial charge in [0, 0.05) is 6.92 Å². The molecule has 0 radical (unpaired) electrons. The minimum Gasteiger partial charge on any atom is -0.427 e. The highest BCUT2D eigenvalue weighted by molar-refractivity contribution is 6.14. The Labute approximate surface area is 264 Å². The molecular weight excluding hydrogens is 560 g/mol. The summed E-state index contributed by atoms with van der Waals surface area (Å²) in [6.45, 7) is 1.43. The molecule has 0 unspecified atom stereocenters. The predicted octanol–water partition coefficient (Wildman–Crippen LogP) is 12.0. The molecule has 0 aliphatic heterocycles. The van der Waals surface area contributed by atoms with E-state index in [1.165, 1.54) is 93.1 Å². The van der Waals surface area contributed by atoms with Gasteiger partial charge in [-0.15, -0.1) is 0 Å². The van der Waals surface area contributed by atoms with Crippen molar-refractivity contribution in [2.24, 2.45) is 0 Å². The Balaban J connectivity index is 1.13. The van der Waals surface area contributed by atoms with Crippen molar-refractivity contribution in [3.8, 4) is 5.75 Å². The third kappa shape index (κ3) is 4.01. The van der Waals surface area contributed by atoms with Crippen LogP contribution in [0.25, 0.3) is 97.0 Å². The average molecular weight is 587 g/mol. The van der Waals surface area contributed by atoms with Gasteiger partial charge in [0.1, 0.15) is 5.75 Å². The van der Waals surface area contributed by atoms with Crippen molar-refractivity contribution in [2.75, 3.05) is 0 Å². The highest BCUT2D eigenvalue weighted by atomic mass is 16.5. The van der Waals surface area contributed by atoms with Gasteiger partial charge in [0.2, 0.25) is 0 Å². The number of carbonyl (C=O) groups excluding carboxylic acids is 1. The van der Waals surface area contributed by atoms with E-state index >= 15 is 0 Å². The Morgan fingerprint density at radius 2 is 0.565 bits per heavy atom. The van der Waals surface area contributed by atoms with E-state index in [0.717, 1.165) is 10.8 Å². The first-order valence-electron chi connectivity index (χ1n) is 15.7. The molecule has 10 aromatic rings. The minimum absolute atomic E-state index is 0.311. The van der Waals surface area contributed by atoms with E-state index in [1.807, 2.05) is 18.2 Å². The standard InChI is InChI=1S/C44H26O2/c1-25(45)46-44-7-6-28-10-31-13-34-16-37-19-38-17-35-14-32-11-29-8-26-4-2-3-5-27(26)9-30(29)12-33(32)15-36(35)18-39(38)20-40(37)21-41(34)22-42(31)23-43(28)24-44/h2-24H,1H3. The van der Waals surface area contributed by atoms with Crippen LogP contribution in [0.4, 0.5) is 0 Å². The van der Waals surface area contributed by atoms with Gasteiger partial charge < -0.3 is 4.74 Å². The maximum Gasteiger partial charge on any atom is 0.308 e. The second-order valence-corrected chi connectivity index (χ2v) is 12.7. The minimum atomic E-state index is -0.311. The van der Waals surface area contributed by atoms with Crippen LogP contribution in [-0.2, 0) is 4.79 Å².